The Morgan fingerprint density at radius 3 is 2.77 bits per heavy atom. The van der Waals surface area contributed by atoms with Crippen LogP contribution >= 0.6 is 0 Å². The lowest BCUT2D eigenvalue weighted by molar-refractivity contribution is 0.718. The van der Waals surface area contributed by atoms with E-state index in [2.05, 4.69) is 23.8 Å². The van der Waals surface area contributed by atoms with Gasteiger partial charge in [-0.15, -0.1) is 0 Å². The Morgan fingerprint density at radius 2 is 2.23 bits per heavy atom. The highest BCUT2D eigenvalue weighted by Gasteiger charge is 2.42. The van der Waals surface area contributed by atoms with Crippen LogP contribution in [0.2, 0.25) is 0 Å². The third kappa shape index (κ3) is 1.48. The average molecular weight is 179 g/mol. The van der Waals surface area contributed by atoms with Crippen LogP contribution in [0, 0.1) is 6.92 Å². The van der Waals surface area contributed by atoms with Crippen molar-refractivity contribution in [2.45, 2.75) is 38.5 Å². The fourth-order valence-corrected chi connectivity index (χ4v) is 1.59. The maximum Gasteiger partial charge on any atom is 0.112 e. The number of nitrogens with two attached hydrogens (primary N) is 1. The molecule has 3 heteroatoms. The van der Waals surface area contributed by atoms with Crippen LogP contribution < -0.4 is 5.73 Å². The minimum Gasteiger partial charge on any atom is -0.345 e. The molecule has 0 spiro atoms. The number of hydrogen-bond donors (Lipinski definition) is 2. The maximum absolute atomic E-state index is 5.51. The lowest BCUT2D eigenvalue weighted by atomic mass is 10.1. The van der Waals surface area contributed by atoms with E-state index in [-0.39, 0.29) is 0 Å². The number of nitrogens with zero attached hydrogens (tertiary/aromatic N) is 1. The molecule has 3 nitrogen and oxygen atoms in total. The normalized spacial score (nSPS) is 19.0. The molecule has 1 aromatic heterocycles. The molecule has 0 atom stereocenters. The highest BCUT2D eigenvalue weighted by molar-refractivity contribution is 5.22. The Balaban J connectivity index is 2.24. The molecule has 0 bridgehead atoms. The van der Waals surface area contributed by atoms with Gasteiger partial charge in [-0.2, -0.15) is 0 Å². The molecule has 1 fully saturated rings. The minimum absolute atomic E-state index is 0.345. The van der Waals surface area contributed by atoms with E-state index in [1.54, 1.807) is 0 Å². The monoisotopic (exact) mass is 179 g/mol. The van der Waals surface area contributed by atoms with E-state index in [4.69, 9.17) is 5.73 Å². The fraction of sp³-hybridized carbons (Fsp3) is 0.700. The highest BCUT2D eigenvalue weighted by atomic mass is 15.0. The number of rotatable bonds is 3. The molecule has 0 radical (unpaired) electrons. The van der Waals surface area contributed by atoms with E-state index in [1.165, 1.54) is 18.5 Å². The summed E-state index contributed by atoms with van der Waals surface area (Å²) < 4.78 is 0. The number of nitrogens with one attached hydrogen (secondary N) is 1. The number of aryl methyl sites for hydroxylation is 1. The Hall–Kier alpha value is -0.830. The largest absolute Gasteiger partial charge is 0.345 e. The number of aromatic amines is 1. The smallest absolute Gasteiger partial charge is 0.112 e. The van der Waals surface area contributed by atoms with Gasteiger partial charge in [0.2, 0.25) is 0 Å². The second kappa shape index (κ2) is 2.84. The molecular weight excluding hydrogens is 162 g/mol. The topological polar surface area (TPSA) is 54.7 Å². The molecule has 1 aliphatic carbocycles. The first-order chi connectivity index (χ1) is 6.15. The Morgan fingerprint density at radius 1 is 1.54 bits per heavy atom. The molecule has 0 saturated heterocycles. The summed E-state index contributed by atoms with van der Waals surface area (Å²) in [6, 6.07) is 0. The predicted molar refractivity (Wildman–Crippen MR) is 52.7 cm³/mol. The summed E-state index contributed by atoms with van der Waals surface area (Å²) in [5, 5.41) is 0. The first kappa shape index (κ1) is 8.75. The van der Waals surface area contributed by atoms with Crippen molar-refractivity contribution in [1.29, 1.82) is 0 Å². The third-order valence-corrected chi connectivity index (χ3v) is 2.94. The van der Waals surface area contributed by atoms with E-state index in [1.807, 2.05) is 0 Å². The van der Waals surface area contributed by atoms with Crippen molar-refractivity contribution >= 4 is 0 Å². The lowest BCUT2D eigenvalue weighted by Crippen LogP contribution is -2.05. The molecule has 0 aromatic carbocycles. The zero-order valence-electron chi connectivity index (χ0n) is 8.35. The molecule has 13 heavy (non-hydrogen) atoms. The van der Waals surface area contributed by atoms with Crippen molar-refractivity contribution < 1.29 is 0 Å². The summed E-state index contributed by atoms with van der Waals surface area (Å²) in [5.74, 6) is 1.16. The first-order valence-corrected chi connectivity index (χ1v) is 4.92. The fourth-order valence-electron chi connectivity index (χ4n) is 1.59. The molecule has 2 rings (SSSR count). The lowest BCUT2D eigenvalue weighted by Gasteiger charge is -2.01. The standard InChI is InChI=1S/C10H17N3/c1-7-8(3-6-11)13-9(12-7)10(2)4-5-10/h3-6,11H2,1-2H3,(H,12,13). The molecular formula is C10H17N3. The summed E-state index contributed by atoms with van der Waals surface area (Å²) >= 11 is 0. The van der Waals surface area contributed by atoms with Gasteiger partial charge in [-0.1, -0.05) is 6.92 Å². The summed E-state index contributed by atoms with van der Waals surface area (Å²) in [6.07, 6.45) is 3.42. The average Bonchev–Trinajstić information content (AvgIpc) is 2.72. The van der Waals surface area contributed by atoms with Crippen molar-refractivity contribution in [3.63, 3.8) is 0 Å². The quantitative estimate of drug-likeness (QED) is 0.734. The van der Waals surface area contributed by atoms with Gasteiger partial charge in [0.25, 0.3) is 0 Å². The third-order valence-electron chi connectivity index (χ3n) is 2.94. The highest BCUT2D eigenvalue weighted by Crippen LogP contribution is 2.46. The Bertz CT molecular complexity index is 310. The SMILES string of the molecule is Cc1[nH]c(C2(C)CC2)nc1CCN. The predicted octanol–water partition coefficient (Wildman–Crippen LogP) is 1.27. The van der Waals surface area contributed by atoms with Gasteiger partial charge < -0.3 is 10.7 Å². The van der Waals surface area contributed by atoms with Gasteiger partial charge in [0, 0.05) is 17.5 Å². The first-order valence-electron chi connectivity index (χ1n) is 4.92. The number of imidazole rings is 1. The van der Waals surface area contributed by atoms with Crippen LogP contribution in [-0.4, -0.2) is 16.5 Å². The van der Waals surface area contributed by atoms with Gasteiger partial charge in [-0.25, -0.2) is 4.98 Å². The molecule has 1 aliphatic rings. The van der Waals surface area contributed by atoms with Crippen molar-refractivity contribution in [3.8, 4) is 0 Å². The second-order valence-electron chi connectivity index (χ2n) is 4.26. The van der Waals surface area contributed by atoms with E-state index in [0.29, 0.717) is 12.0 Å². The zero-order chi connectivity index (χ0) is 9.47. The summed E-state index contributed by atoms with van der Waals surface area (Å²) in [7, 11) is 0. The number of hydrogen-bond acceptors (Lipinski definition) is 2. The summed E-state index contributed by atoms with van der Waals surface area (Å²) in [6.45, 7) is 5.02. The number of aromatic nitrogens is 2. The van der Waals surface area contributed by atoms with Gasteiger partial charge in [0.05, 0.1) is 5.69 Å². The zero-order valence-corrected chi connectivity index (χ0v) is 8.35. The molecule has 72 valence electrons. The van der Waals surface area contributed by atoms with Crippen molar-refractivity contribution in [2.24, 2.45) is 5.73 Å². The molecule has 0 aliphatic heterocycles. The van der Waals surface area contributed by atoms with Gasteiger partial charge in [0.15, 0.2) is 0 Å². The van der Waals surface area contributed by atoms with Crippen LogP contribution in [0.25, 0.3) is 0 Å². The van der Waals surface area contributed by atoms with Crippen LogP contribution in [0.1, 0.15) is 37.0 Å². The van der Waals surface area contributed by atoms with Crippen LogP contribution in [0.3, 0.4) is 0 Å². The van der Waals surface area contributed by atoms with Gasteiger partial charge >= 0.3 is 0 Å². The van der Waals surface area contributed by atoms with Crippen LogP contribution in [-0.2, 0) is 11.8 Å². The van der Waals surface area contributed by atoms with Crippen molar-refractivity contribution in [2.75, 3.05) is 6.54 Å². The Kier molecular flexibility index (Phi) is 1.91. The molecule has 0 unspecified atom stereocenters. The Labute approximate surface area is 78.7 Å². The van der Waals surface area contributed by atoms with E-state index >= 15 is 0 Å². The summed E-state index contributed by atoms with van der Waals surface area (Å²) in [4.78, 5) is 7.96. The maximum atomic E-state index is 5.51. The van der Waals surface area contributed by atoms with Crippen LogP contribution in [0.5, 0.6) is 0 Å². The summed E-state index contributed by atoms with van der Waals surface area (Å²) in [5.41, 5.74) is 8.19. The van der Waals surface area contributed by atoms with E-state index in [0.717, 1.165) is 17.9 Å². The van der Waals surface area contributed by atoms with Crippen molar-refractivity contribution in [1.82, 2.24) is 9.97 Å². The van der Waals surface area contributed by atoms with Gasteiger partial charge in [-0.3, -0.25) is 0 Å². The number of H-pyrrole nitrogens is 1. The van der Waals surface area contributed by atoms with Crippen LogP contribution in [0.15, 0.2) is 0 Å². The second-order valence-corrected chi connectivity index (χ2v) is 4.26. The van der Waals surface area contributed by atoms with E-state index in [9.17, 15) is 0 Å². The van der Waals surface area contributed by atoms with Gasteiger partial charge in [-0.05, 0) is 26.3 Å². The molecule has 1 saturated carbocycles. The molecule has 1 heterocycles. The van der Waals surface area contributed by atoms with E-state index < -0.39 is 0 Å². The van der Waals surface area contributed by atoms with Crippen molar-refractivity contribution in [3.05, 3.63) is 17.2 Å². The molecule has 1 aromatic rings. The molecule has 0 amide bonds. The molecule has 3 N–H and O–H groups in total. The van der Waals surface area contributed by atoms with Gasteiger partial charge in [0.1, 0.15) is 5.82 Å². The minimum atomic E-state index is 0.345. The van der Waals surface area contributed by atoms with Crippen LogP contribution in [0.4, 0.5) is 0 Å².